The summed E-state index contributed by atoms with van der Waals surface area (Å²) in [4.78, 5) is 5.21. The molecule has 0 fully saturated rings. The topological polar surface area (TPSA) is 22.8 Å². The molecule has 234 valence electrons. The van der Waals surface area contributed by atoms with Crippen LogP contribution in [0.15, 0.2) is 188 Å². The van der Waals surface area contributed by atoms with Gasteiger partial charge >= 0.3 is 0 Å². The lowest BCUT2D eigenvalue weighted by Crippen LogP contribution is -1.95. The number of hydrogen-bond donors (Lipinski definition) is 0. The van der Waals surface area contributed by atoms with Gasteiger partial charge in [0, 0.05) is 44.0 Å². The first-order chi connectivity index (χ1) is 24.8. The Morgan fingerprint density at radius 2 is 0.620 bits per heavy atom. The minimum absolute atomic E-state index is 0.946. The number of aromatic nitrogens is 3. The summed E-state index contributed by atoms with van der Waals surface area (Å²) in [6, 6.07) is 67.2. The fourth-order valence-electron chi connectivity index (χ4n) is 7.59. The molecule has 7 aromatic carbocycles. The van der Waals surface area contributed by atoms with E-state index in [1.807, 2.05) is 0 Å². The predicted octanol–water partition coefficient (Wildman–Crippen LogP) is 12.3. The molecule has 0 aliphatic rings. The van der Waals surface area contributed by atoms with E-state index in [2.05, 4.69) is 197 Å². The smallest absolute Gasteiger partial charge is 0.0715 e. The zero-order chi connectivity index (χ0) is 33.0. The minimum Gasteiger partial charge on any atom is -0.309 e. The number of pyridine rings is 1. The van der Waals surface area contributed by atoms with Gasteiger partial charge in [-0.15, -0.1) is 0 Å². The van der Waals surface area contributed by atoms with Crippen LogP contribution in [0.4, 0.5) is 0 Å². The maximum Gasteiger partial charge on any atom is 0.0715 e. The Kier molecular flexibility index (Phi) is 6.49. The van der Waals surface area contributed by atoms with Crippen molar-refractivity contribution in [3.63, 3.8) is 0 Å². The summed E-state index contributed by atoms with van der Waals surface area (Å²) in [5.74, 6) is 0. The molecule has 0 radical (unpaired) electrons. The fourth-order valence-corrected chi connectivity index (χ4v) is 7.59. The minimum atomic E-state index is 0.946. The van der Waals surface area contributed by atoms with Crippen LogP contribution in [-0.2, 0) is 0 Å². The molecule has 0 N–H and O–H groups in total. The van der Waals surface area contributed by atoms with Gasteiger partial charge in [0.1, 0.15) is 0 Å². The summed E-state index contributed by atoms with van der Waals surface area (Å²) in [5.41, 5.74) is 13.5. The van der Waals surface area contributed by atoms with E-state index in [0.717, 1.165) is 45.0 Å². The molecule has 0 amide bonds. The molecule has 10 rings (SSSR count). The summed E-state index contributed by atoms with van der Waals surface area (Å²) in [7, 11) is 0. The molecule has 50 heavy (non-hydrogen) atoms. The summed E-state index contributed by atoms with van der Waals surface area (Å²) < 4.78 is 4.72. The lowest BCUT2D eigenvalue weighted by molar-refractivity contribution is 1.18. The van der Waals surface area contributed by atoms with Crippen molar-refractivity contribution in [2.24, 2.45) is 0 Å². The van der Waals surface area contributed by atoms with Crippen LogP contribution < -0.4 is 0 Å². The quantitative estimate of drug-likeness (QED) is 0.184. The van der Waals surface area contributed by atoms with E-state index in [4.69, 9.17) is 4.98 Å². The first-order valence-corrected chi connectivity index (χ1v) is 17.1. The zero-order valence-corrected chi connectivity index (χ0v) is 27.2. The number of para-hydroxylation sites is 4. The van der Waals surface area contributed by atoms with Gasteiger partial charge in [0.15, 0.2) is 0 Å². The molecule has 3 heteroatoms. The Hall–Kier alpha value is -6.71. The van der Waals surface area contributed by atoms with Crippen LogP contribution in [0.1, 0.15) is 0 Å². The van der Waals surface area contributed by atoms with E-state index in [0.29, 0.717) is 0 Å². The van der Waals surface area contributed by atoms with E-state index in [9.17, 15) is 0 Å². The molecule has 0 saturated heterocycles. The summed E-state index contributed by atoms with van der Waals surface area (Å²) in [6.07, 6.45) is 0. The average Bonchev–Trinajstić information content (AvgIpc) is 3.71. The van der Waals surface area contributed by atoms with Gasteiger partial charge in [-0.2, -0.15) is 0 Å². The van der Waals surface area contributed by atoms with Crippen LogP contribution in [-0.4, -0.2) is 14.1 Å². The lowest BCUT2D eigenvalue weighted by Gasteiger charge is -2.13. The zero-order valence-electron chi connectivity index (χ0n) is 27.2. The highest BCUT2D eigenvalue weighted by Crippen LogP contribution is 2.36. The van der Waals surface area contributed by atoms with Crippen molar-refractivity contribution in [3.05, 3.63) is 188 Å². The van der Waals surface area contributed by atoms with Crippen molar-refractivity contribution in [3.8, 4) is 45.0 Å². The predicted molar refractivity (Wildman–Crippen MR) is 209 cm³/mol. The van der Waals surface area contributed by atoms with E-state index in [1.54, 1.807) is 0 Å². The van der Waals surface area contributed by atoms with Gasteiger partial charge in [0.05, 0.1) is 33.5 Å². The van der Waals surface area contributed by atoms with Crippen molar-refractivity contribution in [2.75, 3.05) is 0 Å². The van der Waals surface area contributed by atoms with Crippen molar-refractivity contribution < 1.29 is 0 Å². The Balaban J connectivity index is 1.07. The molecule has 10 aromatic rings. The van der Waals surface area contributed by atoms with Crippen LogP contribution in [0.3, 0.4) is 0 Å². The van der Waals surface area contributed by atoms with Crippen LogP contribution >= 0.6 is 0 Å². The normalized spacial score (nSPS) is 11.6. The molecule has 0 aliphatic carbocycles. The van der Waals surface area contributed by atoms with Gasteiger partial charge in [-0.25, -0.2) is 4.98 Å². The highest BCUT2D eigenvalue weighted by atomic mass is 15.0. The largest absolute Gasteiger partial charge is 0.309 e. The van der Waals surface area contributed by atoms with Crippen LogP contribution in [0.2, 0.25) is 0 Å². The molecular weight excluding hydrogens is 607 g/mol. The average molecular weight is 638 g/mol. The Bertz CT molecular complexity index is 2560. The number of rotatable bonds is 5. The Morgan fingerprint density at radius 1 is 0.280 bits per heavy atom. The molecule has 3 nitrogen and oxygen atoms in total. The number of hydrogen-bond acceptors (Lipinski definition) is 1. The van der Waals surface area contributed by atoms with E-state index >= 15 is 0 Å². The second-order valence-corrected chi connectivity index (χ2v) is 12.8. The monoisotopic (exact) mass is 637 g/mol. The molecule has 3 aromatic heterocycles. The van der Waals surface area contributed by atoms with Crippen LogP contribution in [0.25, 0.3) is 88.6 Å². The van der Waals surface area contributed by atoms with Gasteiger partial charge in [0.2, 0.25) is 0 Å². The highest BCUT2D eigenvalue weighted by molar-refractivity contribution is 6.10. The highest BCUT2D eigenvalue weighted by Gasteiger charge is 2.15. The van der Waals surface area contributed by atoms with Crippen molar-refractivity contribution in [1.82, 2.24) is 14.1 Å². The van der Waals surface area contributed by atoms with E-state index in [-0.39, 0.29) is 0 Å². The van der Waals surface area contributed by atoms with Crippen molar-refractivity contribution in [2.45, 2.75) is 0 Å². The molecule has 0 saturated carbocycles. The molecule has 0 aliphatic heterocycles. The van der Waals surface area contributed by atoms with Crippen molar-refractivity contribution in [1.29, 1.82) is 0 Å². The number of fused-ring (bicyclic) bond motifs is 6. The van der Waals surface area contributed by atoms with Gasteiger partial charge in [0.25, 0.3) is 0 Å². The van der Waals surface area contributed by atoms with Gasteiger partial charge in [-0.3, -0.25) is 0 Å². The van der Waals surface area contributed by atoms with E-state index in [1.165, 1.54) is 43.6 Å². The molecule has 0 unspecified atom stereocenters. The summed E-state index contributed by atoms with van der Waals surface area (Å²) in [5, 5.41) is 5.06. The second-order valence-electron chi connectivity index (χ2n) is 12.8. The van der Waals surface area contributed by atoms with Crippen LogP contribution in [0.5, 0.6) is 0 Å². The first kappa shape index (κ1) is 28.3. The second kappa shape index (κ2) is 11.5. The number of nitrogens with zero attached hydrogens (tertiary/aromatic N) is 3. The SMILES string of the molecule is c1ccc(-c2cc(-c3ccc(-n4c5ccccc5c5ccccc54)cc3)cc(-c3ccc(-n4c5ccccc5c5ccccc54)cc3)n2)cc1. The molecular formula is C47H31N3. The van der Waals surface area contributed by atoms with Gasteiger partial charge in [-0.05, 0) is 71.8 Å². The van der Waals surface area contributed by atoms with E-state index < -0.39 is 0 Å². The maximum atomic E-state index is 5.21. The third kappa shape index (κ3) is 4.56. The molecule has 0 spiro atoms. The van der Waals surface area contributed by atoms with Crippen molar-refractivity contribution >= 4 is 43.6 Å². The lowest BCUT2D eigenvalue weighted by atomic mass is 9.99. The standard InChI is InChI=1S/C47H31N3/c1-2-12-33(13-3-1)42-30-35(32-22-26-36(27-23-32)49-44-18-8-4-14-38(44)39-15-5-9-19-45(39)49)31-43(48-42)34-24-28-37(29-25-34)50-46-20-10-6-16-40(46)41-17-7-11-21-47(41)50/h1-31H. The molecule has 0 bridgehead atoms. The molecule has 3 heterocycles. The van der Waals surface area contributed by atoms with Gasteiger partial charge < -0.3 is 9.13 Å². The maximum absolute atomic E-state index is 5.21. The third-order valence-corrected chi connectivity index (χ3v) is 9.94. The van der Waals surface area contributed by atoms with Crippen LogP contribution in [0, 0.1) is 0 Å². The van der Waals surface area contributed by atoms with Gasteiger partial charge in [-0.1, -0.05) is 127 Å². The molecule has 0 atom stereocenters. The summed E-state index contributed by atoms with van der Waals surface area (Å²) in [6.45, 7) is 0. The number of benzene rings is 7. The first-order valence-electron chi connectivity index (χ1n) is 17.1. The third-order valence-electron chi connectivity index (χ3n) is 9.94. The Labute approximate surface area is 290 Å². The summed E-state index contributed by atoms with van der Waals surface area (Å²) >= 11 is 0. The Morgan fingerprint density at radius 3 is 1.04 bits per heavy atom. The fraction of sp³-hybridized carbons (Fsp3) is 0.